The van der Waals surface area contributed by atoms with Crippen molar-refractivity contribution in [2.24, 2.45) is 0 Å². The molecule has 2 aromatic heterocycles. The molecule has 146 valence electrons. The van der Waals surface area contributed by atoms with Gasteiger partial charge < -0.3 is 5.32 Å². The Bertz CT molecular complexity index is 1050. The Kier molecular flexibility index (Phi) is 7.12. The van der Waals surface area contributed by atoms with E-state index in [0.717, 1.165) is 4.88 Å². The van der Waals surface area contributed by atoms with E-state index in [1.54, 1.807) is 54.7 Å². The first-order valence-corrected chi connectivity index (χ1v) is 12.2. The quantitative estimate of drug-likeness (QED) is 0.516. The largest absolute Gasteiger partial charge is 0.347 e. The fraction of sp³-hybridized carbons (Fsp3) is 0.158. The fourth-order valence-corrected chi connectivity index (χ4v) is 6.07. The predicted octanol–water partition coefficient (Wildman–Crippen LogP) is 4.29. The van der Waals surface area contributed by atoms with Gasteiger partial charge in [-0.05, 0) is 36.4 Å². The zero-order valence-corrected chi connectivity index (χ0v) is 17.9. The van der Waals surface area contributed by atoms with E-state index in [2.05, 4.69) is 10.3 Å². The van der Waals surface area contributed by atoms with Crippen LogP contribution in [0.4, 0.5) is 0 Å². The number of benzene rings is 1. The van der Waals surface area contributed by atoms with Crippen LogP contribution >= 0.6 is 34.7 Å². The molecule has 9 heteroatoms. The SMILES string of the molecule is O=C(NCc1ccc(Cl)s1)c1cccnc1SCCS(=O)(=O)c1ccccc1. The number of hydrogen-bond acceptors (Lipinski definition) is 6. The molecule has 0 radical (unpaired) electrons. The normalized spacial score (nSPS) is 11.3. The first-order chi connectivity index (χ1) is 13.5. The van der Waals surface area contributed by atoms with Crippen LogP contribution in [0.15, 0.2) is 70.7 Å². The van der Waals surface area contributed by atoms with Crippen LogP contribution in [0.2, 0.25) is 4.34 Å². The van der Waals surface area contributed by atoms with Gasteiger partial charge in [0, 0.05) is 16.8 Å². The van der Waals surface area contributed by atoms with Gasteiger partial charge in [0.1, 0.15) is 5.03 Å². The van der Waals surface area contributed by atoms with Crippen LogP contribution in [-0.2, 0) is 16.4 Å². The molecule has 3 rings (SSSR count). The molecule has 5 nitrogen and oxygen atoms in total. The zero-order chi connectivity index (χ0) is 20.0. The van der Waals surface area contributed by atoms with Crippen molar-refractivity contribution in [3.05, 3.63) is 75.6 Å². The predicted molar refractivity (Wildman–Crippen MR) is 114 cm³/mol. The average Bonchev–Trinajstić information content (AvgIpc) is 3.12. The number of thioether (sulfide) groups is 1. The van der Waals surface area contributed by atoms with Crippen LogP contribution in [0.25, 0.3) is 0 Å². The molecule has 0 atom stereocenters. The van der Waals surface area contributed by atoms with Gasteiger partial charge in [-0.25, -0.2) is 13.4 Å². The lowest BCUT2D eigenvalue weighted by Crippen LogP contribution is -2.23. The lowest BCUT2D eigenvalue weighted by Gasteiger charge is -2.09. The van der Waals surface area contributed by atoms with Crippen molar-refractivity contribution in [1.82, 2.24) is 10.3 Å². The van der Waals surface area contributed by atoms with E-state index in [0.29, 0.717) is 32.1 Å². The smallest absolute Gasteiger partial charge is 0.254 e. The molecule has 0 spiro atoms. The van der Waals surface area contributed by atoms with Crippen molar-refractivity contribution in [2.75, 3.05) is 11.5 Å². The van der Waals surface area contributed by atoms with Crippen molar-refractivity contribution >= 4 is 50.4 Å². The Morgan fingerprint density at radius 1 is 1.11 bits per heavy atom. The molecular weight excluding hydrogens is 436 g/mol. The Hall–Kier alpha value is -1.87. The third kappa shape index (κ3) is 5.57. The van der Waals surface area contributed by atoms with E-state index in [1.165, 1.54) is 23.1 Å². The van der Waals surface area contributed by atoms with Crippen molar-refractivity contribution < 1.29 is 13.2 Å². The van der Waals surface area contributed by atoms with Crippen LogP contribution < -0.4 is 5.32 Å². The van der Waals surface area contributed by atoms with Crippen molar-refractivity contribution in [3.8, 4) is 0 Å². The summed E-state index contributed by atoms with van der Waals surface area (Å²) in [6.07, 6.45) is 1.59. The highest BCUT2D eigenvalue weighted by Crippen LogP contribution is 2.23. The molecule has 0 bridgehead atoms. The second-order valence-corrected chi connectivity index (χ2v) is 10.7. The van der Waals surface area contributed by atoms with Crippen LogP contribution in [0.5, 0.6) is 0 Å². The summed E-state index contributed by atoms with van der Waals surface area (Å²) >= 11 is 8.56. The highest BCUT2D eigenvalue weighted by Gasteiger charge is 2.17. The van der Waals surface area contributed by atoms with Crippen molar-refractivity contribution in [3.63, 3.8) is 0 Å². The van der Waals surface area contributed by atoms with Gasteiger partial charge in [0.15, 0.2) is 9.84 Å². The Labute approximate surface area is 177 Å². The number of hydrogen-bond donors (Lipinski definition) is 1. The second kappa shape index (κ2) is 9.56. The molecule has 3 aromatic rings. The van der Waals surface area contributed by atoms with Gasteiger partial charge in [0.25, 0.3) is 5.91 Å². The number of aromatic nitrogens is 1. The molecule has 28 heavy (non-hydrogen) atoms. The van der Waals surface area contributed by atoms with E-state index in [1.807, 2.05) is 6.07 Å². The molecule has 0 fully saturated rings. The first-order valence-electron chi connectivity index (χ1n) is 8.34. The Morgan fingerprint density at radius 3 is 2.61 bits per heavy atom. The lowest BCUT2D eigenvalue weighted by atomic mass is 10.2. The second-order valence-electron chi connectivity index (χ2n) is 5.72. The van der Waals surface area contributed by atoms with Gasteiger partial charge >= 0.3 is 0 Å². The Morgan fingerprint density at radius 2 is 1.89 bits per heavy atom. The number of rotatable bonds is 8. The van der Waals surface area contributed by atoms with Crippen LogP contribution in [0, 0.1) is 0 Å². The van der Waals surface area contributed by atoms with Crippen molar-refractivity contribution in [1.29, 1.82) is 0 Å². The number of thiophene rings is 1. The summed E-state index contributed by atoms with van der Waals surface area (Å²) in [6, 6.07) is 15.3. The molecular formula is C19H17ClN2O3S3. The van der Waals surface area contributed by atoms with Gasteiger partial charge in [0.2, 0.25) is 0 Å². The number of carbonyl (C=O) groups excluding carboxylic acids is 1. The summed E-state index contributed by atoms with van der Waals surface area (Å²) < 4.78 is 25.4. The monoisotopic (exact) mass is 452 g/mol. The minimum absolute atomic E-state index is 0.0347. The number of carbonyl (C=O) groups is 1. The molecule has 0 aliphatic carbocycles. The highest BCUT2D eigenvalue weighted by atomic mass is 35.5. The number of nitrogens with one attached hydrogen (secondary N) is 1. The fourth-order valence-electron chi connectivity index (χ4n) is 2.38. The van der Waals surface area contributed by atoms with Gasteiger partial charge in [-0.2, -0.15) is 0 Å². The average molecular weight is 453 g/mol. The van der Waals surface area contributed by atoms with Crippen LogP contribution in [0.1, 0.15) is 15.2 Å². The molecule has 1 N–H and O–H groups in total. The Balaban J connectivity index is 1.61. The van der Waals surface area contributed by atoms with Crippen LogP contribution in [0.3, 0.4) is 0 Å². The third-order valence-electron chi connectivity index (χ3n) is 3.76. The maximum absolute atomic E-state index is 12.5. The minimum Gasteiger partial charge on any atom is -0.347 e. The van der Waals surface area contributed by atoms with Crippen LogP contribution in [-0.4, -0.2) is 30.8 Å². The number of amides is 1. The van der Waals surface area contributed by atoms with E-state index in [4.69, 9.17) is 11.6 Å². The zero-order valence-electron chi connectivity index (χ0n) is 14.7. The molecule has 0 aliphatic heterocycles. The summed E-state index contributed by atoms with van der Waals surface area (Å²) in [5, 5.41) is 3.35. The van der Waals surface area contributed by atoms with E-state index >= 15 is 0 Å². The number of pyridine rings is 1. The molecule has 1 aromatic carbocycles. The van der Waals surface area contributed by atoms with E-state index < -0.39 is 9.84 Å². The molecule has 0 unspecified atom stereocenters. The summed E-state index contributed by atoms with van der Waals surface area (Å²) in [4.78, 5) is 18.0. The lowest BCUT2D eigenvalue weighted by molar-refractivity contribution is 0.0947. The van der Waals surface area contributed by atoms with E-state index in [9.17, 15) is 13.2 Å². The highest BCUT2D eigenvalue weighted by molar-refractivity contribution is 8.00. The van der Waals surface area contributed by atoms with Gasteiger partial charge in [-0.15, -0.1) is 23.1 Å². The number of nitrogens with zero attached hydrogens (tertiary/aromatic N) is 1. The standard InChI is InChI=1S/C19H17ClN2O3S3/c20-17-9-8-14(27-17)13-22-18(23)16-7-4-10-21-19(16)26-11-12-28(24,25)15-5-2-1-3-6-15/h1-10H,11-13H2,(H,22,23). The molecule has 0 aliphatic rings. The summed E-state index contributed by atoms with van der Waals surface area (Å²) in [7, 11) is -3.37. The minimum atomic E-state index is -3.37. The summed E-state index contributed by atoms with van der Waals surface area (Å²) in [5.74, 6) is 0.00764. The summed E-state index contributed by atoms with van der Waals surface area (Å²) in [6.45, 7) is 0.373. The third-order valence-corrected chi connectivity index (χ3v) is 7.99. The number of halogens is 1. The number of sulfone groups is 1. The van der Waals surface area contributed by atoms with E-state index in [-0.39, 0.29) is 11.7 Å². The molecule has 0 saturated carbocycles. The maximum Gasteiger partial charge on any atom is 0.254 e. The van der Waals surface area contributed by atoms with Gasteiger partial charge in [-0.3, -0.25) is 4.79 Å². The molecule has 1 amide bonds. The molecule has 2 heterocycles. The topological polar surface area (TPSA) is 76.1 Å². The molecule has 0 saturated heterocycles. The first kappa shape index (κ1) is 20.9. The van der Waals surface area contributed by atoms with Crippen molar-refractivity contribution in [2.45, 2.75) is 16.5 Å². The summed E-state index contributed by atoms with van der Waals surface area (Å²) in [5.41, 5.74) is 0.423. The van der Waals surface area contributed by atoms with Gasteiger partial charge in [-0.1, -0.05) is 29.8 Å². The maximum atomic E-state index is 12.5. The van der Waals surface area contributed by atoms with Gasteiger partial charge in [0.05, 0.1) is 27.1 Å².